The summed E-state index contributed by atoms with van der Waals surface area (Å²) >= 11 is 1.01. The largest absolute Gasteiger partial charge is 0.435 e. The van der Waals surface area contributed by atoms with Gasteiger partial charge in [0.25, 0.3) is 5.91 Å². The number of ether oxygens (including phenoxy) is 2. The molecule has 0 aliphatic heterocycles. The lowest BCUT2D eigenvalue weighted by Gasteiger charge is -2.26. The van der Waals surface area contributed by atoms with Crippen molar-refractivity contribution in [3.8, 4) is 11.5 Å². The first-order chi connectivity index (χ1) is 12.4. The molecule has 1 aliphatic carbocycles. The van der Waals surface area contributed by atoms with Crippen LogP contribution in [0.2, 0.25) is 0 Å². The molecule has 0 bridgehead atoms. The summed E-state index contributed by atoms with van der Waals surface area (Å²) in [6.45, 7) is -5.92. The Hall–Kier alpha value is -2.29. The third-order valence-electron chi connectivity index (χ3n) is 4.01. The molecule has 1 atom stereocenters. The van der Waals surface area contributed by atoms with Crippen molar-refractivity contribution in [2.45, 2.75) is 38.5 Å². The Morgan fingerprint density at radius 2 is 1.92 bits per heavy atom. The third-order valence-corrected chi connectivity index (χ3v) is 4.91. The number of hydrogen-bond donors (Lipinski definition) is 1. The molecule has 1 unspecified atom stereocenters. The van der Waals surface area contributed by atoms with Gasteiger partial charge in [0, 0.05) is 0 Å². The predicted octanol–water partition coefficient (Wildman–Crippen LogP) is 4.76. The van der Waals surface area contributed by atoms with Crippen molar-refractivity contribution in [3.63, 3.8) is 0 Å². The van der Waals surface area contributed by atoms with Gasteiger partial charge in [-0.15, -0.1) is 11.3 Å². The van der Waals surface area contributed by atoms with Crippen molar-refractivity contribution in [1.29, 1.82) is 0 Å². The summed E-state index contributed by atoms with van der Waals surface area (Å²) < 4.78 is 58.3. The lowest BCUT2D eigenvalue weighted by Crippen LogP contribution is -2.30. The predicted molar refractivity (Wildman–Crippen MR) is 87.2 cm³/mol. The lowest BCUT2D eigenvalue weighted by atomic mass is 9.87. The zero-order valence-corrected chi connectivity index (χ0v) is 14.2. The van der Waals surface area contributed by atoms with E-state index in [1.807, 2.05) is 0 Å². The Balaban J connectivity index is 1.76. The van der Waals surface area contributed by atoms with Crippen molar-refractivity contribution < 1.29 is 31.8 Å². The topological polar surface area (TPSA) is 47.6 Å². The summed E-state index contributed by atoms with van der Waals surface area (Å²) in [7, 11) is 0. The van der Waals surface area contributed by atoms with Crippen LogP contribution < -0.4 is 14.8 Å². The van der Waals surface area contributed by atoms with Gasteiger partial charge in [-0.25, -0.2) is 0 Å². The van der Waals surface area contributed by atoms with Crippen LogP contribution in [0.5, 0.6) is 11.5 Å². The molecule has 140 valence electrons. The van der Waals surface area contributed by atoms with Crippen LogP contribution in [0, 0.1) is 0 Å². The lowest BCUT2D eigenvalue weighted by molar-refractivity contribution is -0.0505. The second-order valence-corrected chi connectivity index (χ2v) is 6.57. The van der Waals surface area contributed by atoms with E-state index in [1.165, 1.54) is 23.6 Å². The van der Waals surface area contributed by atoms with Crippen LogP contribution in [0.4, 0.5) is 17.6 Å². The van der Waals surface area contributed by atoms with Crippen molar-refractivity contribution in [1.82, 2.24) is 5.32 Å². The molecule has 0 fully saturated rings. The number of carbonyl (C=O) groups excluding carboxylic acids is 1. The summed E-state index contributed by atoms with van der Waals surface area (Å²) in [6, 6.07) is 5.58. The Morgan fingerprint density at radius 1 is 1.15 bits per heavy atom. The molecule has 0 saturated heterocycles. The van der Waals surface area contributed by atoms with Gasteiger partial charge in [-0.1, -0.05) is 6.07 Å². The fraction of sp³-hybridized carbons (Fsp3) is 0.353. The van der Waals surface area contributed by atoms with E-state index in [9.17, 15) is 22.4 Å². The monoisotopic (exact) mass is 389 g/mol. The van der Waals surface area contributed by atoms with E-state index in [1.54, 1.807) is 6.07 Å². The quantitative estimate of drug-likeness (QED) is 0.725. The Morgan fingerprint density at radius 3 is 2.65 bits per heavy atom. The number of rotatable bonds is 6. The number of alkyl halides is 4. The third kappa shape index (κ3) is 4.27. The van der Waals surface area contributed by atoms with Crippen molar-refractivity contribution in [2.75, 3.05) is 0 Å². The number of halogens is 4. The van der Waals surface area contributed by atoms with Gasteiger partial charge in [-0.2, -0.15) is 17.6 Å². The minimum absolute atomic E-state index is 0.0649. The van der Waals surface area contributed by atoms with Gasteiger partial charge in [0.1, 0.15) is 16.4 Å². The molecule has 4 nitrogen and oxygen atoms in total. The van der Waals surface area contributed by atoms with E-state index in [-0.39, 0.29) is 22.4 Å². The Labute approximate surface area is 150 Å². The van der Waals surface area contributed by atoms with Crippen LogP contribution in [-0.2, 0) is 6.42 Å². The molecule has 1 aromatic carbocycles. The molecule has 1 amide bonds. The van der Waals surface area contributed by atoms with Crippen LogP contribution in [0.1, 0.15) is 39.7 Å². The molecule has 0 spiro atoms. The highest BCUT2D eigenvalue weighted by Gasteiger charge is 2.25. The van der Waals surface area contributed by atoms with E-state index >= 15 is 0 Å². The molecule has 0 saturated carbocycles. The molecule has 3 rings (SSSR count). The normalized spacial score (nSPS) is 16.5. The highest BCUT2D eigenvalue weighted by atomic mass is 32.1. The summed E-state index contributed by atoms with van der Waals surface area (Å²) in [5, 5.41) is 4.30. The molecule has 1 heterocycles. The fourth-order valence-electron chi connectivity index (χ4n) is 2.99. The molecule has 1 aromatic heterocycles. The first-order valence-corrected chi connectivity index (χ1v) is 8.73. The highest BCUT2D eigenvalue weighted by molar-refractivity contribution is 7.12. The van der Waals surface area contributed by atoms with Gasteiger partial charge in [-0.05, 0) is 54.0 Å². The minimum Gasteiger partial charge on any atom is -0.435 e. The second-order valence-electron chi connectivity index (χ2n) is 5.65. The van der Waals surface area contributed by atoms with Gasteiger partial charge in [0.15, 0.2) is 0 Å². The zero-order valence-electron chi connectivity index (χ0n) is 13.4. The van der Waals surface area contributed by atoms with E-state index in [4.69, 9.17) is 0 Å². The van der Waals surface area contributed by atoms with Gasteiger partial charge in [0.05, 0.1) is 6.04 Å². The van der Waals surface area contributed by atoms with Crippen LogP contribution in [-0.4, -0.2) is 19.1 Å². The molecular formula is C17H15F4NO3S. The smallest absolute Gasteiger partial charge is 0.387 e. The Kier molecular flexibility index (Phi) is 5.65. The van der Waals surface area contributed by atoms with E-state index in [0.29, 0.717) is 12.8 Å². The SMILES string of the molecule is O=C(NC1CCCc2cc(OC(F)F)ccc21)c1sccc1OC(F)F. The molecular weight excluding hydrogens is 374 g/mol. The number of carbonyl (C=O) groups is 1. The molecule has 1 aliphatic rings. The summed E-state index contributed by atoms with van der Waals surface area (Å²) in [5.74, 6) is -0.614. The van der Waals surface area contributed by atoms with Crippen LogP contribution >= 0.6 is 11.3 Å². The standard InChI is InChI=1S/C17H15F4NO3S/c18-16(19)24-10-4-5-11-9(8-10)2-1-3-12(11)22-15(23)14-13(6-7-26-14)25-17(20)21/h4-8,12,16-17H,1-3H2,(H,22,23). The zero-order chi connectivity index (χ0) is 18.7. The first-order valence-electron chi connectivity index (χ1n) is 7.85. The number of thiophene rings is 1. The maximum atomic E-state index is 12.4. The summed E-state index contributed by atoms with van der Waals surface area (Å²) in [6.07, 6.45) is 2.09. The van der Waals surface area contributed by atoms with E-state index < -0.39 is 19.1 Å². The number of amides is 1. The van der Waals surface area contributed by atoms with Crippen LogP contribution in [0.3, 0.4) is 0 Å². The highest BCUT2D eigenvalue weighted by Crippen LogP contribution is 2.34. The number of benzene rings is 1. The van der Waals surface area contributed by atoms with E-state index in [2.05, 4.69) is 14.8 Å². The average molecular weight is 389 g/mol. The molecule has 9 heteroatoms. The molecule has 0 radical (unpaired) electrons. The van der Waals surface area contributed by atoms with E-state index in [0.717, 1.165) is 28.9 Å². The summed E-state index contributed by atoms with van der Waals surface area (Å²) in [5.41, 5.74) is 1.62. The van der Waals surface area contributed by atoms with Crippen LogP contribution in [0.15, 0.2) is 29.6 Å². The van der Waals surface area contributed by atoms with Gasteiger partial charge < -0.3 is 14.8 Å². The minimum atomic E-state index is -3.01. The first kappa shape index (κ1) is 18.5. The second kappa shape index (κ2) is 7.94. The molecule has 1 N–H and O–H groups in total. The molecule has 2 aromatic rings. The molecule has 26 heavy (non-hydrogen) atoms. The van der Waals surface area contributed by atoms with Gasteiger partial charge in [-0.3, -0.25) is 4.79 Å². The summed E-state index contributed by atoms with van der Waals surface area (Å²) in [4.78, 5) is 12.5. The average Bonchev–Trinajstić information content (AvgIpc) is 3.01. The number of nitrogens with one attached hydrogen (secondary N) is 1. The maximum absolute atomic E-state index is 12.4. The number of hydrogen-bond acceptors (Lipinski definition) is 4. The van der Waals surface area contributed by atoms with Crippen molar-refractivity contribution >= 4 is 17.2 Å². The van der Waals surface area contributed by atoms with Crippen LogP contribution in [0.25, 0.3) is 0 Å². The van der Waals surface area contributed by atoms with Crippen molar-refractivity contribution in [2.24, 2.45) is 0 Å². The fourth-order valence-corrected chi connectivity index (χ4v) is 3.72. The number of fused-ring (bicyclic) bond motifs is 1. The number of aryl methyl sites for hydroxylation is 1. The van der Waals surface area contributed by atoms with Crippen molar-refractivity contribution in [3.05, 3.63) is 45.6 Å². The maximum Gasteiger partial charge on any atom is 0.387 e. The van der Waals surface area contributed by atoms with Gasteiger partial charge >= 0.3 is 13.2 Å². The Bertz CT molecular complexity index is 781. The van der Waals surface area contributed by atoms with Gasteiger partial charge in [0.2, 0.25) is 0 Å².